The molecule has 1 aromatic heterocycles. The zero-order valence-electron chi connectivity index (χ0n) is 18.9. The van der Waals surface area contributed by atoms with E-state index in [2.05, 4.69) is 14.8 Å². The molecule has 4 rings (SSSR count). The molecule has 0 spiro atoms. The standard InChI is InChI=1S/C25H34N4O3/c1-32-22-8-4-7-21(25(22)31)19-27-13-5-6-20(18-27)10-11-24(30)29-16-14-28(15-17-29)23-9-2-3-12-26-23/h2-4,7-9,12,20,31H,5-6,10-11,13-19H2,1H3/t20-/m0/s1. The Hall–Kier alpha value is -2.80. The van der Waals surface area contributed by atoms with E-state index in [-0.39, 0.29) is 11.7 Å². The quantitative estimate of drug-likeness (QED) is 0.716. The molecule has 1 atom stereocenters. The topological polar surface area (TPSA) is 69.1 Å². The largest absolute Gasteiger partial charge is 0.504 e. The van der Waals surface area contributed by atoms with E-state index in [1.165, 1.54) is 6.42 Å². The van der Waals surface area contributed by atoms with Gasteiger partial charge in [-0.25, -0.2) is 4.98 Å². The molecule has 0 radical (unpaired) electrons. The molecule has 2 aliphatic rings. The summed E-state index contributed by atoms with van der Waals surface area (Å²) in [7, 11) is 1.57. The number of hydrogen-bond acceptors (Lipinski definition) is 6. The van der Waals surface area contributed by atoms with E-state index < -0.39 is 0 Å². The number of piperazine rings is 1. The summed E-state index contributed by atoms with van der Waals surface area (Å²) in [6.07, 6.45) is 5.66. The summed E-state index contributed by atoms with van der Waals surface area (Å²) in [5, 5.41) is 10.4. The molecule has 1 N–H and O–H groups in total. The lowest BCUT2D eigenvalue weighted by atomic mass is 9.92. The van der Waals surface area contributed by atoms with Gasteiger partial charge in [0.25, 0.3) is 0 Å². The lowest BCUT2D eigenvalue weighted by Crippen LogP contribution is -2.49. The van der Waals surface area contributed by atoms with Gasteiger partial charge >= 0.3 is 0 Å². The monoisotopic (exact) mass is 438 g/mol. The number of likely N-dealkylation sites (tertiary alicyclic amines) is 1. The van der Waals surface area contributed by atoms with Gasteiger partial charge in [0.2, 0.25) is 5.91 Å². The summed E-state index contributed by atoms with van der Waals surface area (Å²) in [4.78, 5) is 23.9. The van der Waals surface area contributed by atoms with Crippen molar-refractivity contribution >= 4 is 11.7 Å². The number of benzene rings is 1. The van der Waals surface area contributed by atoms with Gasteiger partial charge in [0, 0.05) is 57.4 Å². The van der Waals surface area contributed by atoms with Crippen LogP contribution in [0.25, 0.3) is 0 Å². The summed E-state index contributed by atoms with van der Waals surface area (Å²) in [5.74, 6) is 2.54. The smallest absolute Gasteiger partial charge is 0.222 e. The van der Waals surface area contributed by atoms with Gasteiger partial charge in [-0.2, -0.15) is 0 Å². The van der Waals surface area contributed by atoms with Gasteiger partial charge in [-0.3, -0.25) is 9.69 Å². The average molecular weight is 439 g/mol. The van der Waals surface area contributed by atoms with Gasteiger partial charge in [0.1, 0.15) is 5.82 Å². The van der Waals surface area contributed by atoms with Crippen molar-refractivity contribution in [2.75, 3.05) is 51.3 Å². The fourth-order valence-electron chi connectivity index (χ4n) is 4.84. The first-order valence-corrected chi connectivity index (χ1v) is 11.6. The third-order valence-electron chi connectivity index (χ3n) is 6.67. The highest BCUT2D eigenvalue weighted by Gasteiger charge is 2.25. The fourth-order valence-corrected chi connectivity index (χ4v) is 4.84. The van der Waals surface area contributed by atoms with Crippen LogP contribution in [-0.2, 0) is 11.3 Å². The Bertz CT molecular complexity index is 884. The van der Waals surface area contributed by atoms with E-state index in [1.807, 2.05) is 41.4 Å². The van der Waals surface area contributed by atoms with Crippen molar-refractivity contribution in [3.63, 3.8) is 0 Å². The van der Waals surface area contributed by atoms with Gasteiger partial charge in [0.15, 0.2) is 11.5 Å². The summed E-state index contributed by atoms with van der Waals surface area (Å²) in [5.41, 5.74) is 0.895. The number of rotatable bonds is 7. The molecule has 0 saturated carbocycles. The summed E-state index contributed by atoms with van der Waals surface area (Å²) in [6.45, 7) is 5.91. The molecule has 7 heteroatoms. The first-order valence-electron chi connectivity index (χ1n) is 11.6. The lowest BCUT2D eigenvalue weighted by Gasteiger charge is -2.36. The highest BCUT2D eigenvalue weighted by molar-refractivity contribution is 5.76. The van der Waals surface area contributed by atoms with Crippen LogP contribution in [0.4, 0.5) is 5.82 Å². The minimum absolute atomic E-state index is 0.233. The van der Waals surface area contributed by atoms with Crippen LogP contribution < -0.4 is 9.64 Å². The van der Waals surface area contributed by atoms with Gasteiger partial charge < -0.3 is 19.6 Å². The van der Waals surface area contributed by atoms with Crippen LogP contribution in [0.15, 0.2) is 42.6 Å². The van der Waals surface area contributed by atoms with E-state index in [4.69, 9.17) is 4.74 Å². The summed E-state index contributed by atoms with van der Waals surface area (Å²) in [6, 6.07) is 11.6. The zero-order valence-corrected chi connectivity index (χ0v) is 18.9. The highest BCUT2D eigenvalue weighted by atomic mass is 16.5. The molecule has 0 bridgehead atoms. The van der Waals surface area contributed by atoms with Crippen LogP contribution in [-0.4, -0.2) is 72.2 Å². The number of aromatic hydroxyl groups is 1. The molecule has 2 fully saturated rings. The minimum atomic E-state index is 0.233. The third kappa shape index (κ3) is 5.51. The van der Waals surface area contributed by atoms with E-state index in [9.17, 15) is 9.90 Å². The molecule has 7 nitrogen and oxygen atoms in total. The summed E-state index contributed by atoms with van der Waals surface area (Å²) >= 11 is 0. The molecule has 0 unspecified atom stereocenters. The van der Waals surface area contributed by atoms with Crippen LogP contribution in [0.3, 0.4) is 0 Å². The third-order valence-corrected chi connectivity index (χ3v) is 6.67. The number of ether oxygens (including phenoxy) is 1. The summed E-state index contributed by atoms with van der Waals surface area (Å²) < 4.78 is 5.23. The first kappa shape index (κ1) is 22.4. The number of aromatic nitrogens is 1. The van der Waals surface area contributed by atoms with Gasteiger partial charge in [0.05, 0.1) is 7.11 Å². The number of methoxy groups -OCH3 is 1. The van der Waals surface area contributed by atoms with Crippen LogP contribution in [0.1, 0.15) is 31.2 Å². The number of hydrogen-bond donors (Lipinski definition) is 1. The zero-order chi connectivity index (χ0) is 22.3. The Morgan fingerprint density at radius 2 is 1.97 bits per heavy atom. The van der Waals surface area contributed by atoms with E-state index >= 15 is 0 Å². The van der Waals surface area contributed by atoms with Gasteiger partial charge in [-0.15, -0.1) is 0 Å². The maximum atomic E-state index is 12.8. The number of nitrogens with zero attached hydrogens (tertiary/aromatic N) is 4. The number of para-hydroxylation sites is 1. The van der Waals surface area contributed by atoms with Gasteiger partial charge in [-0.05, 0) is 49.9 Å². The molecule has 2 saturated heterocycles. The van der Waals surface area contributed by atoms with Crippen molar-refractivity contribution in [1.29, 1.82) is 0 Å². The number of pyridine rings is 1. The van der Waals surface area contributed by atoms with Crippen molar-refractivity contribution in [2.24, 2.45) is 5.92 Å². The molecular formula is C25H34N4O3. The molecule has 3 heterocycles. The molecule has 32 heavy (non-hydrogen) atoms. The Kier molecular flexibility index (Phi) is 7.47. The van der Waals surface area contributed by atoms with Crippen molar-refractivity contribution in [2.45, 2.75) is 32.2 Å². The second-order valence-corrected chi connectivity index (χ2v) is 8.81. The highest BCUT2D eigenvalue weighted by Crippen LogP contribution is 2.31. The average Bonchev–Trinajstić information content (AvgIpc) is 2.85. The van der Waals surface area contributed by atoms with E-state index in [0.717, 1.165) is 63.5 Å². The van der Waals surface area contributed by atoms with Crippen molar-refractivity contribution < 1.29 is 14.6 Å². The van der Waals surface area contributed by atoms with Crippen molar-refractivity contribution in [3.8, 4) is 11.5 Å². The van der Waals surface area contributed by atoms with Crippen LogP contribution in [0, 0.1) is 5.92 Å². The number of anilines is 1. The number of carbonyl (C=O) groups is 1. The molecule has 172 valence electrons. The van der Waals surface area contributed by atoms with Crippen LogP contribution >= 0.6 is 0 Å². The van der Waals surface area contributed by atoms with Crippen molar-refractivity contribution in [1.82, 2.24) is 14.8 Å². The Labute approximate surface area is 190 Å². The second kappa shape index (κ2) is 10.7. The maximum Gasteiger partial charge on any atom is 0.222 e. The first-order chi connectivity index (χ1) is 15.6. The Morgan fingerprint density at radius 3 is 2.72 bits per heavy atom. The number of amides is 1. The van der Waals surface area contributed by atoms with E-state index in [1.54, 1.807) is 13.2 Å². The maximum absolute atomic E-state index is 12.8. The number of piperidine rings is 1. The number of carbonyl (C=O) groups excluding carboxylic acids is 1. The normalized spacial score (nSPS) is 19.7. The van der Waals surface area contributed by atoms with Gasteiger partial charge in [-0.1, -0.05) is 18.2 Å². The number of phenolic OH excluding ortho intramolecular Hbond substituents is 1. The second-order valence-electron chi connectivity index (χ2n) is 8.81. The Morgan fingerprint density at radius 1 is 1.12 bits per heavy atom. The molecule has 0 aliphatic carbocycles. The Balaban J connectivity index is 1.22. The molecule has 1 aromatic carbocycles. The van der Waals surface area contributed by atoms with E-state index in [0.29, 0.717) is 24.6 Å². The van der Waals surface area contributed by atoms with Crippen LogP contribution in [0.5, 0.6) is 11.5 Å². The lowest BCUT2D eigenvalue weighted by molar-refractivity contribution is -0.131. The SMILES string of the molecule is COc1cccc(CN2CCC[C@@H](CCC(=O)N3CCN(c4ccccn4)CC3)C2)c1O. The predicted molar refractivity (Wildman–Crippen MR) is 125 cm³/mol. The molecule has 1 amide bonds. The fraction of sp³-hybridized carbons (Fsp3) is 0.520. The molecular weight excluding hydrogens is 404 g/mol. The minimum Gasteiger partial charge on any atom is -0.504 e. The van der Waals surface area contributed by atoms with Crippen molar-refractivity contribution in [3.05, 3.63) is 48.2 Å². The molecule has 2 aromatic rings. The molecule has 2 aliphatic heterocycles. The number of phenols is 1. The predicted octanol–water partition coefficient (Wildman–Crippen LogP) is 3.14. The van der Waals surface area contributed by atoms with Crippen LogP contribution in [0.2, 0.25) is 0 Å².